The van der Waals surface area contributed by atoms with Crippen LogP contribution in [0, 0.1) is 0 Å². The molecule has 144 valence electrons. The van der Waals surface area contributed by atoms with Crippen molar-refractivity contribution in [2.24, 2.45) is 0 Å². The molecule has 0 radical (unpaired) electrons. The molecule has 1 amide bonds. The Hall–Kier alpha value is -2.62. The normalized spacial score (nSPS) is 22.6. The number of carbonyl (C=O) groups is 1. The lowest BCUT2D eigenvalue weighted by molar-refractivity contribution is -0.141. The molecule has 1 aliphatic heterocycles. The molecule has 2 N–H and O–H groups in total. The highest BCUT2D eigenvalue weighted by atomic mass is 19.4. The van der Waals surface area contributed by atoms with Gasteiger partial charge in [-0.1, -0.05) is 0 Å². The van der Waals surface area contributed by atoms with Crippen LogP contribution in [-0.4, -0.2) is 39.1 Å². The maximum atomic E-state index is 13.8. The summed E-state index contributed by atoms with van der Waals surface area (Å²) in [5.74, 6) is -0.340. The van der Waals surface area contributed by atoms with Crippen LogP contribution in [0.2, 0.25) is 0 Å². The summed E-state index contributed by atoms with van der Waals surface area (Å²) >= 11 is 0. The SMILES string of the molecule is CC1(F)CNC(C(=O)NCc2cc(-c3ccc(C(F)(F)F)nc3)ncn2)C1. The second-order valence-electron chi connectivity index (χ2n) is 6.59. The highest BCUT2D eigenvalue weighted by Crippen LogP contribution is 2.28. The smallest absolute Gasteiger partial charge is 0.349 e. The molecule has 0 aromatic carbocycles. The maximum Gasteiger partial charge on any atom is 0.433 e. The summed E-state index contributed by atoms with van der Waals surface area (Å²) in [4.78, 5) is 23.5. The molecule has 1 fully saturated rings. The summed E-state index contributed by atoms with van der Waals surface area (Å²) < 4.78 is 51.5. The molecular weight excluding hydrogens is 366 g/mol. The topological polar surface area (TPSA) is 79.8 Å². The molecule has 0 spiro atoms. The second-order valence-corrected chi connectivity index (χ2v) is 6.59. The highest BCUT2D eigenvalue weighted by molar-refractivity contribution is 5.82. The van der Waals surface area contributed by atoms with Gasteiger partial charge in [0.1, 0.15) is 17.7 Å². The van der Waals surface area contributed by atoms with Gasteiger partial charge in [-0.15, -0.1) is 0 Å². The van der Waals surface area contributed by atoms with Gasteiger partial charge < -0.3 is 10.6 Å². The molecule has 27 heavy (non-hydrogen) atoms. The van der Waals surface area contributed by atoms with Gasteiger partial charge in [0.05, 0.1) is 24.0 Å². The first-order valence-electron chi connectivity index (χ1n) is 8.19. The van der Waals surface area contributed by atoms with E-state index >= 15 is 0 Å². The van der Waals surface area contributed by atoms with E-state index in [0.717, 1.165) is 12.3 Å². The van der Waals surface area contributed by atoms with E-state index in [2.05, 4.69) is 25.6 Å². The number of aromatic nitrogens is 3. The number of nitrogens with zero attached hydrogens (tertiary/aromatic N) is 3. The summed E-state index contributed by atoms with van der Waals surface area (Å²) in [5.41, 5.74) is -1.17. The lowest BCUT2D eigenvalue weighted by Crippen LogP contribution is -2.40. The van der Waals surface area contributed by atoms with Gasteiger partial charge in [0.2, 0.25) is 5.91 Å². The van der Waals surface area contributed by atoms with E-state index < -0.39 is 23.6 Å². The fourth-order valence-electron chi connectivity index (χ4n) is 2.76. The fraction of sp³-hybridized carbons (Fsp3) is 0.412. The van der Waals surface area contributed by atoms with Crippen LogP contribution >= 0.6 is 0 Å². The highest BCUT2D eigenvalue weighted by Gasteiger charge is 2.38. The number of carbonyl (C=O) groups excluding carboxylic acids is 1. The van der Waals surface area contributed by atoms with Gasteiger partial charge in [0, 0.05) is 24.7 Å². The lowest BCUT2D eigenvalue weighted by atomic mass is 10.0. The number of hydrogen-bond acceptors (Lipinski definition) is 5. The lowest BCUT2D eigenvalue weighted by Gasteiger charge is -2.12. The summed E-state index contributed by atoms with van der Waals surface area (Å²) in [6, 6.07) is 3.08. The van der Waals surface area contributed by atoms with E-state index in [1.807, 2.05) is 0 Å². The van der Waals surface area contributed by atoms with Gasteiger partial charge in [0.15, 0.2) is 0 Å². The molecule has 0 bridgehead atoms. The van der Waals surface area contributed by atoms with Crippen LogP contribution in [0.1, 0.15) is 24.7 Å². The van der Waals surface area contributed by atoms with Crippen molar-refractivity contribution in [1.29, 1.82) is 0 Å². The van der Waals surface area contributed by atoms with Crippen molar-refractivity contribution in [3.05, 3.63) is 42.1 Å². The van der Waals surface area contributed by atoms with Crippen molar-refractivity contribution in [3.63, 3.8) is 0 Å². The predicted octanol–water partition coefficient (Wildman–Crippen LogP) is 2.26. The average molecular weight is 383 g/mol. The standard InChI is InChI=1S/C17H17F4N5O/c1-16(18)5-13(24-8-16)15(27)23-7-11-4-12(26-9-25-11)10-2-3-14(22-6-10)17(19,20)21/h2-4,6,9,13,24H,5,7-8H2,1H3,(H,23,27). The Morgan fingerprint density at radius 1 is 1.33 bits per heavy atom. The van der Waals surface area contributed by atoms with Gasteiger partial charge in [-0.05, 0) is 25.1 Å². The first-order chi connectivity index (χ1) is 12.6. The number of alkyl halides is 4. The number of hydrogen-bond donors (Lipinski definition) is 2. The molecule has 1 saturated heterocycles. The van der Waals surface area contributed by atoms with Crippen LogP contribution in [-0.2, 0) is 17.5 Å². The molecule has 6 nitrogen and oxygen atoms in total. The summed E-state index contributed by atoms with van der Waals surface area (Å²) in [7, 11) is 0. The van der Waals surface area contributed by atoms with Crippen LogP contribution in [0.25, 0.3) is 11.3 Å². The van der Waals surface area contributed by atoms with Gasteiger partial charge >= 0.3 is 6.18 Å². The molecule has 3 rings (SSSR count). The van der Waals surface area contributed by atoms with Crippen LogP contribution in [0.4, 0.5) is 17.6 Å². The number of nitrogens with one attached hydrogen (secondary N) is 2. The number of halogens is 4. The Bertz CT molecular complexity index is 823. The van der Waals surface area contributed by atoms with Crippen LogP contribution in [0.15, 0.2) is 30.7 Å². The minimum Gasteiger partial charge on any atom is -0.349 e. The molecule has 2 unspecified atom stereocenters. The van der Waals surface area contributed by atoms with Crippen LogP contribution < -0.4 is 10.6 Å². The molecule has 2 atom stereocenters. The van der Waals surface area contributed by atoms with Crippen molar-refractivity contribution < 1.29 is 22.4 Å². The number of rotatable bonds is 4. The monoisotopic (exact) mass is 383 g/mol. The van der Waals surface area contributed by atoms with E-state index in [1.165, 1.54) is 19.3 Å². The summed E-state index contributed by atoms with van der Waals surface area (Å²) in [5, 5.41) is 5.48. The Balaban J connectivity index is 1.65. The number of amides is 1. The molecule has 1 aliphatic rings. The fourth-order valence-corrected chi connectivity index (χ4v) is 2.76. The van der Waals surface area contributed by atoms with Crippen LogP contribution in [0.5, 0.6) is 0 Å². The zero-order chi connectivity index (χ0) is 19.7. The van der Waals surface area contributed by atoms with Gasteiger partial charge in [-0.2, -0.15) is 13.2 Å². The first-order valence-corrected chi connectivity index (χ1v) is 8.19. The van der Waals surface area contributed by atoms with E-state index in [4.69, 9.17) is 0 Å². The average Bonchev–Trinajstić information content (AvgIpc) is 2.99. The molecule has 3 heterocycles. The van der Waals surface area contributed by atoms with Crippen LogP contribution in [0.3, 0.4) is 0 Å². The Morgan fingerprint density at radius 3 is 2.70 bits per heavy atom. The Labute approximate surface area is 152 Å². The third-order valence-corrected chi connectivity index (χ3v) is 4.18. The van der Waals surface area contributed by atoms with Gasteiger partial charge in [0.25, 0.3) is 0 Å². The van der Waals surface area contributed by atoms with E-state index in [9.17, 15) is 22.4 Å². The van der Waals surface area contributed by atoms with E-state index in [1.54, 1.807) is 6.07 Å². The van der Waals surface area contributed by atoms with E-state index in [-0.39, 0.29) is 25.4 Å². The molecule has 10 heteroatoms. The Morgan fingerprint density at radius 2 is 2.11 bits per heavy atom. The molecule has 0 saturated carbocycles. The van der Waals surface area contributed by atoms with E-state index in [0.29, 0.717) is 17.0 Å². The van der Waals surface area contributed by atoms with Gasteiger partial charge in [-0.25, -0.2) is 14.4 Å². The van der Waals surface area contributed by atoms with Crippen molar-refractivity contribution in [3.8, 4) is 11.3 Å². The minimum absolute atomic E-state index is 0.0869. The third kappa shape index (κ3) is 4.76. The predicted molar refractivity (Wildman–Crippen MR) is 88.0 cm³/mol. The molecule has 2 aromatic rings. The zero-order valence-corrected chi connectivity index (χ0v) is 14.3. The maximum absolute atomic E-state index is 13.8. The largest absolute Gasteiger partial charge is 0.433 e. The molecule has 2 aromatic heterocycles. The van der Waals surface area contributed by atoms with Crippen molar-refractivity contribution >= 4 is 5.91 Å². The molecule has 0 aliphatic carbocycles. The van der Waals surface area contributed by atoms with Crippen molar-refractivity contribution in [2.45, 2.75) is 37.8 Å². The van der Waals surface area contributed by atoms with Gasteiger partial charge in [-0.3, -0.25) is 9.78 Å². The molecular formula is C17H17F4N5O. The number of pyridine rings is 1. The zero-order valence-electron chi connectivity index (χ0n) is 14.3. The summed E-state index contributed by atoms with van der Waals surface area (Å²) in [6.07, 6.45) is -2.09. The first kappa shape index (κ1) is 19.2. The van der Waals surface area contributed by atoms with Crippen molar-refractivity contribution in [2.75, 3.05) is 6.54 Å². The Kier molecular flexibility index (Phi) is 5.09. The summed E-state index contributed by atoms with van der Waals surface area (Å²) in [6.45, 7) is 1.63. The third-order valence-electron chi connectivity index (χ3n) is 4.18. The quantitative estimate of drug-likeness (QED) is 0.792. The van der Waals surface area contributed by atoms with Crippen molar-refractivity contribution in [1.82, 2.24) is 25.6 Å². The minimum atomic E-state index is -4.51. The second kappa shape index (κ2) is 7.18.